The van der Waals surface area contributed by atoms with Crippen LogP contribution in [0.15, 0.2) is 34.9 Å². The number of hydrogen-bond acceptors (Lipinski definition) is 4. The second kappa shape index (κ2) is 11.1. The third-order valence-electron chi connectivity index (χ3n) is 4.67. The maximum atomic E-state index is 12.2. The Morgan fingerprint density at radius 2 is 2.04 bits per heavy atom. The summed E-state index contributed by atoms with van der Waals surface area (Å²) < 4.78 is 5.74. The van der Waals surface area contributed by atoms with Gasteiger partial charge in [-0.15, -0.1) is 0 Å². The predicted molar refractivity (Wildman–Crippen MR) is 110 cm³/mol. The molecule has 27 heavy (non-hydrogen) atoms. The second-order valence-corrected chi connectivity index (χ2v) is 7.14. The van der Waals surface area contributed by atoms with E-state index < -0.39 is 0 Å². The van der Waals surface area contributed by atoms with Crippen LogP contribution < -0.4 is 5.32 Å². The number of halogens is 1. The van der Waals surface area contributed by atoms with E-state index in [0.717, 1.165) is 38.0 Å². The lowest BCUT2D eigenvalue weighted by atomic mass is 10.1. The third kappa shape index (κ3) is 7.00. The maximum Gasteiger partial charge on any atom is 0.220 e. The number of carbonyl (C=O) groups is 1. The molecule has 148 valence electrons. The van der Waals surface area contributed by atoms with Crippen LogP contribution in [0.4, 0.5) is 0 Å². The monoisotopic (exact) mass is 391 g/mol. The molecule has 1 atom stereocenters. The number of aromatic nitrogens is 1. The van der Waals surface area contributed by atoms with Crippen LogP contribution in [0.3, 0.4) is 0 Å². The molecule has 0 fully saturated rings. The summed E-state index contributed by atoms with van der Waals surface area (Å²) in [4.78, 5) is 18.8. The predicted octanol–water partition coefficient (Wildman–Crippen LogP) is 4.55. The molecule has 0 spiro atoms. The van der Waals surface area contributed by atoms with E-state index in [0.29, 0.717) is 29.5 Å². The van der Waals surface area contributed by atoms with Crippen molar-refractivity contribution in [2.75, 3.05) is 19.6 Å². The number of hydrogen-bond donors (Lipinski definition) is 1. The lowest BCUT2D eigenvalue weighted by molar-refractivity contribution is -0.121. The highest BCUT2D eigenvalue weighted by atomic mass is 35.5. The van der Waals surface area contributed by atoms with E-state index in [2.05, 4.69) is 36.0 Å². The third-order valence-corrected chi connectivity index (χ3v) is 5.00. The minimum absolute atomic E-state index is 0.0304. The van der Waals surface area contributed by atoms with Crippen molar-refractivity contribution in [3.63, 3.8) is 0 Å². The molecule has 1 amide bonds. The van der Waals surface area contributed by atoms with Crippen LogP contribution in [0.25, 0.3) is 11.3 Å². The highest BCUT2D eigenvalue weighted by molar-refractivity contribution is 6.33. The number of rotatable bonds is 11. The van der Waals surface area contributed by atoms with E-state index in [1.807, 2.05) is 24.3 Å². The zero-order chi connectivity index (χ0) is 19.6. The van der Waals surface area contributed by atoms with Crippen molar-refractivity contribution in [2.24, 2.45) is 0 Å². The first-order valence-corrected chi connectivity index (χ1v) is 10.1. The van der Waals surface area contributed by atoms with E-state index in [9.17, 15) is 4.79 Å². The first-order valence-electron chi connectivity index (χ1n) is 9.74. The lowest BCUT2D eigenvalue weighted by Crippen LogP contribution is -2.33. The molecule has 2 aromatic rings. The molecule has 0 aliphatic carbocycles. The normalized spacial score (nSPS) is 12.3. The Morgan fingerprint density at radius 3 is 2.74 bits per heavy atom. The van der Waals surface area contributed by atoms with Crippen LogP contribution in [0.1, 0.15) is 45.9 Å². The second-order valence-electron chi connectivity index (χ2n) is 6.74. The average Bonchev–Trinajstić information content (AvgIpc) is 3.13. The zero-order valence-corrected chi connectivity index (χ0v) is 17.3. The summed E-state index contributed by atoms with van der Waals surface area (Å²) >= 11 is 6.18. The van der Waals surface area contributed by atoms with Gasteiger partial charge in [-0.05, 0) is 51.5 Å². The van der Waals surface area contributed by atoms with Crippen molar-refractivity contribution in [2.45, 2.75) is 52.5 Å². The van der Waals surface area contributed by atoms with Crippen molar-refractivity contribution in [3.05, 3.63) is 41.4 Å². The van der Waals surface area contributed by atoms with E-state index in [1.165, 1.54) is 0 Å². The standard InChI is InChI=1S/C21H30ClN3O2/c1-4-25(5-2)14-8-9-16(3)24-20(26)12-13-21-23-15-19(27-21)17-10-6-7-11-18(17)22/h6-7,10-11,15-16H,4-5,8-9,12-14H2,1-3H3,(H,24,26)/t16-/m1/s1. The van der Waals surface area contributed by atoms with Crippen LogP contribution in [-0.4, -0.2) is 41.5 Å². The Bertz CT molecular complexity index is 713. The summed E-state index contributed by atoms with van der Waals surface area (Å²) in [7, 11) is 0. The molecule has 0 aliphatic rings. The minimum Gasteiger partial charge on any atom is -0.441 e. The van der Waals surface area contributed by atoms with Crippen LogP contribution in [0.2, 0.25) is 5.02 Å². The van der Waals surface area contributed by atoms with Crippen molar-refractivity contribution in [1.82, 2.24) is 15.2 Å². The Labute approximate surface area is 167 Å². The van der Waals surface area contributed by atoms with Gasteiger partial charge in [-0.25, -0.2) is 4.98 Å². The summed E-state index contributed by atoms with van der Waals surface area (Å²) in [6.07, 6.45) is 4.57. The highest BCUT2D eigenvalue weighted by Crippen LogP contribution is 2.28. The first kappa shape index (κ1) is 21.5. The van der Waals surface area contributed by atoms with E-state index in [-0.39, 0.29) is 11.9 Å². The van der Waals surface area contributed by atoms with Crippen LogP contribution in [0, 0.1) is 0 Å². The largest absolute Gasteiger partial charge is 0.441 e. The van der Waals surface area contributed by atoms with Gasteiger partial charge in [-0.3, -0.25) is 4.79 Å². The molecular formula is C21H30ClN3O2. The number of oxazole rings is 1. The minimum atomic E-state index is 0.0304. The Balaban J connectivity index is 1.73. The number of nitrogens with one attached hydrogen (secondary N) is 1. The quantitative estimate of drug-likeness (QED) is 0.610. The molecule has 2 rings (SSSR count). The van der Waals surface area contributed by atoms with Gasteiger partial charge in [-0.1, -0.05) is 37.6 Å². The van der Waals surface area contributed by atoms with Gasteiger partial charge in [0, 0.05) is 24.4 Å². The molecule has 1 aromatic carbocycles. The van der Waals surface area contributed by atoms with E-state index >= 15 is 0 Å². The van der Waals surface area contributed by atoms with Gasteiger partial charge in [0.05, 0.1) is 11.2 Å². The maximum absolute atomic E-state index is 12.2. The van der Waals surface area contributed by atoms with Crippen molar-refractivity contribution >= 4 is 17.5 Å². The number of aryl methyl sites for hydroxylation is 1. The van der Waals surface area contributed by atoms with E-state index in [1.54, 1.807) is 6.20 Å². The van der Waals surface area contributed by atoms with Gasteiger partial charge in [0.25, 0.3) is 0 Å². The van der Waals surface area contributed by atoms with Gasteiger partial charge in [-0.2, -0.15) is 0 Å². The average molecular weight is 392 g/mol. The molecule has 6 heteroatoms. The van der Waals surface area contributed by atoms with Crippen molar-refractivity contribution < 1.29 is 9.21 Å². The molecule has 0 aliphatic heterocycles. The van der Waals surface area contributed by atoms with Crippen molar-refractivity contribution in [1.29, 1.82) is 0 Å². The Morgan fingerprint density at radius 1 is 1.30 bits per heavy atom. The molecule has 0 radical (unpaired) electrons. The smallest absolute Gasteiger partial charge is 0.220 e. The summed E-state index contributed by atoms with van der Waals surface area (Å²) in [5.74, 6) is 1.21. The zero-order valence-electron chi connectivity index (χ0n) is 16.5. The fourth-order valence-electron chi connectivity index (χ4n) is 3.01. The molecule has 1 N–H and O–H groups in total. The van der Waals surface area contributed by atoms with Gasteiger partial charge >= 0.3 is 0 Å². The highest BCUT2D eigenvalue weighted by Gasteiger charge is 2.12. The van der Waals surface area contributed by atoms with Crippen LogP contribution in [0.5, 0.6) is 0 Å². The number of amides is 1. The van der Waals surface area contributed by atoms with Gasteiger partial charge in [0.2, 0.25) is 5.91 Å². The Hall–Kier alpha value is -1.85. The summed E-state index contributed by atoms with van der Waals surface area (Å²) in [5.41, 5.74) is 0.809. The van der Waals surface area contributed by atoms with Crippen molar-refractivity contribution in [3.8, 4) is 11.3 Å². The summed E-state index contributed by atoms with van der Waals surface area (Å²) in [5, 5.41) is 3.68. The summed E-state index contributed by atoms with van der Waals surface area (Å²) in [6, 6.07) is 7.65. The molecule has 0 saturated heterocycles. The van der Waals surface area contributed by atoms with Gasteiger partial charge in [0.15, 0.2) is 11.7 Å². The molecule has 5 nitrogen and oxygen atoms in total. The van der Waals surface area contributed by atoms with Gasteiger partial charge < -0.3 is 14.6 Å². The number of nitrogens with zero attached hydrogens (tertiary/aromatic N) is 2. The number of benzene rings is 1. The van der Waals surface area contributed by atoms with Crippen LogP contribution >= 0.6 is 11.6 Å². The van der Waals surface area contributed by atoms with Gasteiger partial charge in [0.1, 0.15) is 0 Å². The van der Waals surface area contributed by atoms with Crippen LogP contribution in [-0.2, 0) is 11.2 Å². The first-order chi connectivity index (χ1) is 13.0. The molecule has 0 bridgehead atoms. The fraction of sp³-hybridized carbons (Fsp3) is 0.524. The Kier molecular flexibility index (Phi) is 8.82. The summed E-state index contributed by atoms with van der Waals surface area (Å²) in [6.45, 7) is 9.63. The SMILES string of the molecule is CCN(CC)CCC[C@@H](C)NC(=O)CCc1ncc(-c2ccccc2Cl)o1. The molecule has 0 unspecified atom stereocenters. The number of carbonyl (C=O) groups excluding carboxylic acids is 1. The van der Waals surface area contributed by atoms with E-state index in [4.69, 9.17) is 16.0 Å². The molecule has 1 aromatic heterocycles. The fourth-order valence-corrected chi connectivity index (χ4v) is 3.24. The molecular weight excluding hydrogens is 362 g/mol. The molecule has 1 heterocycles. The molecule has 0 saturated carbocycles. The lowest BCUT2D eigenvalue weighted by Gasteiger charge is -2.19. The topological polar surface area (TPSA) is 58.4 Å².